The number of hydrogen-bond acceptors (Lipinski definition) is 0. The number of hydrogen-bond donors (Lipinski definition) is 0. The average Bonchev–Trinajstić information content (AvgIpc) is 1.94. The van der Waals surface area contributed by atoms with Crippen LogP contribution in [-0.4, -0.2) is 0 Å². The van der Waals surface area contributed by atoms with Crippen molar-refractivity contribution in [2.75, 3.05) is 0 Å². The van der Waals surface area contributed by atoms with Crippen LogP contribution in [0.3, 0.4) is 0 Å². The van der Waals surface area contributed by atoms with Crippen LogP contribution in [0.4, 0.5) is 4.39 Å². The number of benzene rings is 1. The van der Waals surface area contributed by atoms with E-state index in [1.54, 1.807) is 6.07 Å². The Hall–Kier alpha value is 0.543. The Morgan fingerprint density at radius 3 is 2.55 bits per heavy atom. The molecule has 0 amide bonds. The molecule has 0 aliphatic carbocycles. The van der Waals surface area contributed by atoms with Crippen molar-refractivity contribution in [2.24, 2.45) is 0 Å². The molecular formula is C7H6BrClFZn. The van der Waals surface area contributed by atoms with Gasteiger partial charge in [0, 0.05) is 0 Å². The van der Waals surface area contributed by atoms with E-state index in [9.17, 15) is 4.39 Å². The van der Waals surface area contributed by atoms with Crippen molar-refractivity contribution in [3.05, 3.63) is 34.6 Å². The maximum atomic E-state index is 12.5. The predicted molar refractivity (Wildman–Crippen MR) is 45.4 cm³/mol. The summed E-state index contributed by atoms with van der Waals surface area (Å²) in [5.41, 5.74) is 0.918. The minimum atomic E-state index is -0.201. The monoisotopic (exact) mass is 287 g/mol. The van der Waals surface area contributed by atoms with E-state index in [0.29, 0.717) is 5.02 Å². The Morgan fingerprint density at radius 2 is 2.09 bits per heavy atom. The van der Waals surface area contributed by atoms with Crippen LogP contribution in [0, 0.1) is 5.82 Å². The molecule has 11 heavy (non-hydrogen) atoms. The molecule has 0 spiro atoms. The molecule has 0 saturated carbocycles. The van der Waals surface area contributed by atoms with Crippen molar-refractivity contribution >= 4 is 28.6 Å². The first-order valence-electron chi connectivity index (χ1n) is 2.97. The molecule has 0 aliphatic heterocycles. The molecule has 0 saturated heterocycles. The Bertz CT molecular complexity index is 242. The summed E-state index contributed by atoms with van der Waals surface area (Å²) in [7, 11) is 0. The van der Waals surface area contributed by atoms with Gasteiger partial charge in [-0.3, -0.25) is 0 Å². The summed E-state index contributed by atoms with van der Waals surface area (Å²) in [6, 6.07) is 4.47. The normalized spacial score (nSPS) is 9.09. The standard InChI is InChI=1S/C7H5ClF.BrH.Zn/c1-5-4-6(9)2-3-7(5)8;;/h2-4H,1H2;1H;. The van der Waals surface area contributed by atoms with Crippen LogP contribution in [0.15, 0.2) is 18.2 Å². The molecule has 0 unspecified atom stereocenters. The Balaban J connectivity index is 0.000001000. The zero-order valence-electron chi connectivity index (χ0n) is 5.81. The fraction of sp³-hybridized carbons (Fsp3) is 0.143. The maximum absolute atomic E-state index is 12.5. The molecule has 4 heteroatoms. The second-order valence-corrected chi connectivity index (χ2v) is 3.44. The molecule has 0 N–H and O–H groups in total. The first kappa shape index (κ1) is 11.5. The van der Waals surface area contributed by atoms with Crippen LogP contribution in [0.25, 0.3) is 0 Å². The van der Waals surface area contributed by atoms with E-state index in [-0.39, 0.29) is 22.8 Å². The third kappa shape index (κ3) is 3.19. The third-order valence-corrected chi connectivity index (χ3v) is 2.78. The molecule has 1 rings (SSSR count). The Morgan fingerprint density at radius 1 is 1.45 bits per heavy atom. The van der Waals surface area contributed by atoms with E-state index in [1.165, 1.54) is 12.1 Å². The summed E-state index contributed by atoms with van der Waals surface area (Å²) >= 11 is 6.86. The first-order valence-corrected chi connectivity index (χ1v) is 5.45. The number of rotatable bonds is 1. The Labute approximate surface area is 90.6 Å². The predicted octanol–water partition coefficient (Wildman–Crippen LogP) is 3.10. The van der Waals surface area contributed by atoms with Gasteiger partial charge in [-0.15, -0.1) is 17.0 Å². The van der Waals surface area contributed by atoms with Gasteiger partial charge in [-0.05, 0) is 0 Å². The second kappa shape index (κ2) is 5.24. The van der Waals surface area contributed by atoms with Gasteiger partial charge in [0.05, 0.1) is 0 Å². The molecule has 0 bridgehead atoms. The van der Waals surface area contributed by atoms with Crippen LogP contribution in [-0.2, 0) is 23.3 Å². The van der Waals surface area contributed by atoms with Gasteiger partial charge >= 0.3 is 73.9 Å². The van der Waals surface area contributed by atoms with Crippen molar-refractivity contribution in [3.63, 3.8) is 0 Å². The van der Waals surface area contributed by atoms with Crippen molar-refractivity contribution in [2.45, 2.75) is 5.02 Å². The summed E-state index contributed by atoms with van der Waals surface area (Å²) in [5, 5.41) is 1.57. The van der Waals surface area contributed by atoms with Crippen molar-refractivity contribution in [1.29, 1.82) is 0 Å². The molecule has 0 aliphatic rings. The van der Waals surface area contributed by atoms with Crippen LogP contribution in [0.2, 0.25) is 5.02 Å². The first-order chi connectivity index (χ1) is 4.74. The molecule has 0 nitrogen and oxygen atoms in total. The SMILES string of the molecule is Br.Fc1ccc(Cl)c([CH2][Zn])c1. The van der Waals surface area contributed by atoms with Crippen LogP contribution in [0.1, 0.15) is 5.56 Å². The molecule has 0 heterocycles. The van der Waals surface area contributed by atoms with E-state index in [0.717, 1.165) is 28.9 Å². The zero-order chi connectivity index (χ0) is 7.56. The summed E-state index contributed by atoms with van der Waals surface area (Å²) < 4.78 is 12.5. The summed E-state index contributed by atoms with van der Waals surface area (Å²) in [5.74, 6) is -0.201. The van der Waals surface area contributed by atoms with Crippen molar-refractivity contribution < 1.29 is 22.7 Å². The molecule has 0 aromatic heterocycles. The van der Waals surface area contributed by atoms with Crippen molar-refractivity contribution in [3.8, 4) is 0 Å². The van der Waals surface area contributed by atoms with E-state index >= 15 is 0 Å². The Kier molecular flexibility index (Phi) is 5.49. The van der Waals surface area contributed by atoms with Crippen LogP contribution < -0.4 is 0 Å². The minimum absolute atomic E-state index is 0. The molecule has 0 fully saturated rings. The van der Waals surface area contributed by atoms with Gasteiger partial charge in [0.2, 0.25) is 0 Å². The molecule has 0 radical (unpaired) electrons. The summed E-state index contributed by atoms with van der Waals surface area (Å²) in [6.07, 6.45) is 0. The van der Waals surface area contributed by atoms with E-state index in [1.807, 2.05) is 0 Å². The van der Waals surface area contributed by atoms with E-state index < -0.39 is 0 Å². The fourth-order valence-electron chi connectivity index (χ4n) is 0.735. The summed E-state index contributed by atoms with van der Waals surface area (Å²) in [4.78, 5) is 0. The molecule has 0 atom stereocenters. The second-order valence-electron chi connectivity index (χ2n) is 1.99. The van der Waals surface area contributed by atoms with Gasteiger partial charge in [-0.1, -0.05) is 0 Å². The number of halogens is 3. The molecular weight excluding hydrogens is 284 g/mol. The van der Waals surface area contributed by atoms with Gasteiger partial charge in [0.15, 0.2) is 0 Å². The molecule has 1 aromatic rings. The van der Waals surface area contributed by atoms with Gasteiger partial charge in [0.25, 0.3) is 0 Å². The van der Waals surface area contributed by atoms with Crippen molar-refractivity contribution in [1.82, 2.24) is 0 Å². The quantitative estimate of drug-likeness (QED) is 0.697. The summed E-state index contributed by atoms with van der Waals surface area (Å²) in [6.45, 7) is 0. The molecule has 1 aromatic carbocycles. The zero-order valence-corrected chi connectivity index (χ0v) is 11.2. The van der Waals surface area contributed by atoms with Gasteiger partial charge in [0.1, 0.15) is 0 Å². The third-order valence-electron chi connectivity index (χ3n) is 1.28. The average molecular weight is 290 g/mol. The fourth-order valence-corrected chi connectivity index (χ4v) is 2.15. The topological polar surface area (TPSA) is 0 Å². The van der Waals surface area contributed by atoms with Gasteiger partial charge in [-0.2, -0.15) is 0 Å². The van der Waals surface area contributed by atoms with E-state index in [2.05, 4.69) is 0 Å². The molecule has 57 valence electrons. The van der Waals surface area contributed by atoms with Gasteiger partial charge in [-0.25, -0.2) is 0 Å². The van der Waals surface area contributed by atoms with E-state index in [4.69, 9.17) is 11.6 Å². The van der Waals surface area contributed by atoms with Crippen LogP contribution >= 0.6 is 28.6 Å². The van der Waals surface area contributed by atoms with Crippen LogP contribution in [0.5, 0.6) is 0 Å². The van der Waals surface area contributed by atoms with Gasteiger partial charge < -0.3 is 0 Å².